The van der Waals surface area contributed by atoms with E-state index in [1.54, 1.807) is 0 Å². The number of amides is 1. The molecular weight excluding hydrogens is 557 g/mol. The summed E-state index contributed by atoms with van der Waals surface area (Å²) in [6.07, 6.45) is 0. The number of halogens is 3. The van der Waals surface area contributed by atoms with E-state index in [9.17, 15) is 10.1 Å². The van der Waals surface area contributed by atoms with Crippen molar-refractivity contribution in [2.75, 3.05) is 11.1 Å². The molecule has 0 saturated carbocycles. The summed E-state index contributed by atoms with van der Waals surface area (Å²) in [4.78, 5) is 17.6. The minimum atomic E-state index is -0.340. The number of benzene rings is 3. The first kappa shape index (κ1) is 28.0. The molecule has 0 aliphatic carbocycles. The summed E-state index contributed by atoms with van der Waals surface area (Å²) in [7, 11) is 0. The number of hydrogen-bond donors (Lipinski definition) is 1. The van der Waals surface area contributed by atoms with Crippen molar-refractivity contribution in [2.45, 2.75) is 31.2 Å². The van der Waals surface area contributed by atoms with E-state index in [1.165, 1.54) is 29.5 Å². The van der Waals surface area contributed by atoms with Crippen LogP contribution in [0.25, 0.3) is 22.4 Å². The van der Waals surface area contributed by atoms with E-state index in [0.717, 1.165) is 16.7 Å². The number of rotatable bonds is 6. The molecule has 192 valence electrons. The Balaban J connectivity index is 1.70. The number of nitrogens with one attached hydrogen (secondary N) is 1. The molecule has 0 radical (unpaired) electrons. The molecule has 1 amide bonds. The molecular formula is C30H24Cl3N3OS. The van der Waals surface area contributed by atoms with Crippen LogP contribution in [0.3, 0.4) is 0 Å². The molecule has 4 aromatic rings. The van der Waals surface area contributed by atoms with Gasteiger partial charge in [0.25, 0.3) is 0 Å². The zero-order valence-electron chi connectivity index (χ0n) is 21.0. The largest absolute Gasteiger partial charge is 0.323 e. The molecule has 0 bridgehead atoms. The molecule has 0 aliphatic rings. The molecule has 1 aromatic heterocycles. The summed E-state index contributed by atoms with van der Waals surface area (Å²) in [5.41, 5.74) is 5.19. The van der Waals surface area contributed by atoms with Crippen LogP contribution >= 0.6 is 46.6 Å². The van der Waals surface area contributed by atoms with Gasteiger partial charge in [-0.15, -0.1) is 0 Å². The summed E-state index contributed by atoms with van der Waals surface area (Å²) in [5, 5.41) is 14.2. The maximum absolute atomic E-state index is 12.8. The van der Waals surface area contributed by atoms with E-state index in [0.29, 0.717) is 21.3 Å². The number of hydrogen-bond acceptors (Lipinski definition) is 4. The zero-order chi connectivity index (χ0) is 27.4. The topological polar surface area (TPSA) is 65.8 Å². The van der Waals surface area contributed by atoms with Crippen LogP contribution in [-0.4, -0.2) is 16.6 Å². The normalized spacial score (nSPS) is 11.2. The summed E-state index contributed by atoms with van der Waals surface area (Å²) in [5.74, 6) is -0.342. The van der Waals surface area contributed by atoms with Crippen LogP contribution in [-0.2, 0) is 10.2 Å². The van der Waals surface area contributed by atoms with Gasteiger partial charge in [0, 0.05) is 16.1 Å². The summed E-state index contributed by atoms with van der Waals surface area (Å²) < 4.78 is 0. The van der Waals surface area contributed by atoms with Gasteiger partial charge in [0.05, 0.1) is 32.7 Å². The summed E-state index contributed by atoms with van der Waals surface area (Å²) >= 11 is 19.6. The molecule has 4 rings (SSSR count). The van der Waals surface area contributed by atoms with Crippen LogP contribution < -0.4 is 5.32 Å². The molecule has 8 heteroatoms. The first-order valence-electron chi connectivity index (χ1n) is 11.8. The lowest BCUT2D eigenvalue weighted by molar-refractivity contribution is -0.113. The number of nitriles is 1. The van der Waals surface area contributed by atoms with Crippen LogP contribution in [0.5, 0.6) is 0 Å². The molecule has 0 aliphatic heterocycles. The Hall–Kier alpha value is -3.01. The Morgan fingerprint density at radius 2 is 1.58 bits per heavy atom. The highest BCUT2D eigenvalue weighted by atomic mass is 35.5. The minimum Gasteiger partial charge on any atom is -0.323 e. The number of carbonyl (C=O) groups excluding carboxylic acids is 1. The minimum absolute atomic E-state index is 0.00237. The molecule has 0 unspecified atom stereocenters. The molecule has 1 N–H and O–H groups in total. The van der Waals surface area contributed by atoms with Gasteiger partial charge in [-0.3, -0.25) is 4.79 Å². The van der Waals surface area contributed by atoms with Crippen LogP contribution in [0.1, 0.15) is 31.9 Å². The Bertz CT molecular complexity index is 1500. The fraction of sp³-hybridized carbons (Fsp3) is 0.167. The van der Waals surface area contributed by atoms with Crippen molar-refractivity contribution in [1.29, 1.82) is 5.26 Å². The fourth-order valence-electron chi connectivity index (χ4n) is 3.84. The molecule has 4 nitrogen and oxygen atoms in total. The lowest BCUT2D eigenvalue weighted by Gasteiger charge is -2.19. The van der Waals surface area contributed by atoms with Gasteiger partial charge in [-0.2, -0.15) is 5.26 Å². The molecule has 3 aromatic carbocycles. The lowest BCUT2D eigenvalue weighted by Crippen LogP contribution is -2.15. The predicted molar refractivity (Wildman–Crippen MR) is 159 cm³/mol. The van der Waals surface area contributed by atoms with Gasteiger partial charge in [-0.25, -0.2) is 4.98 Å². The number of nitrogens with zero attached hydrogens (tertiary/aromatic N) is 2. The van der Waals surface area contributed by atoms with Gasteiger partial charge >= 0.3 is 0 Å². The van der Waals surface area contributed by atoms with E-state index >= 15 is 0 Å². The maximum Gasteiger partial charge on any atom is 0.234 e. The van der Waals surface area contributed by atoms with E-state index in [4.69, 9.17) is 39.8 Å². The van der Waals surface area contributed by atoms with Gasteiger partial charge in [0.15, 0.2) is 0 Å². The maximum atomic E-state index is 12.8. The Kier molecular flexibility index (Phi) is 8.70. The first-order chi connectivity index (χ1) is 18.1. The Labute approximate surface area is 242 Å². The number of aromatic nitrogens is 1. The predicted octanol–water partition coefficient (Wildman–Crippen LogP) is 9.28. The Morgan fingerprint density at radius 3 is 2.16 bits per heavy atom. The molecule has 38 heavy (non-hydrogen) atoms. The second-order valence-corrected chi connectivity index (χ2v) is 11.8. The average Bonchev–Trinajstić information content (AvgIpc) is 2.89. The molecule has 0 saturated heterocycles. The number of carbonyl (C=O) groups is 1. The van der Waals surface area contributed by atoms with Crippen molar-refractivity contribution < 1.29 is 4.79 Å². The third kappa shape index (κ3) is 6.51. The summed E-state index contributed by atoms with van der Waals surface area (Å²) in [6.45, 7) is 6.48. The van der Waals surface area contributed by atoms with Crippen molar-refractivity contribution in [2.24, 2.45) is 0 Å². The van der Waals surface area contributed by atoms with Gasteiger partial charge in [0.1, 0.15) is 11.1 Å². The van der Waals surface area contributed by atoms with Gasteiger partial charge in [-0.1, -0.05) is 122 Å². The highest BCUT2D eigenvalue weighted by molar-refractivity contribution is 8.00. The lowest BCUT2D eigenvalue weighted by atomic mass is 9.86. The fourth-order valence-corrected chi connectivity index (χ4v) is 5.55. The van der Waals surface area contributed by atoms with Gasteiger partial charge in [0.2, 0.25) is 5.91 Å². The molecule has 0 spiro atoms. The second-order valence-electron chi connectivity index (χ2n) is 9.62. The number of anilines is 1. The van der Waals surface area contributed by atoms with Crippen molar-refractivity contribution in [1.82, 2.24) is 4.98 Å². The SMILES string of the molecule is CC(C)(C)c1ccc(-c2cc(-c3ccccc3)nc(SCC(=O)Nc3c(Cl)cc(Cl)cc3Cl)c2C#N)cc1. The van der Waals surface area contributed by atoms with Crippen LogP contribution in [0.2, 0.25) is 15.1 Å². The molecule has 1 heterocycles. The van der Waals surface area contributed by atoms with Crippen molar-refractivity contribution in [3.8, 4) is 28.5 Å². The standard InChI is InChI=1S/C30H24Cl3N3OS/c1-30(2,3)20-11-9-18(10-12-20)22-15-26(19-7-5-4-6-8-19)35-29(23(22)16-34)38-17-27(37)36-28-24(32)13-21(31)14-25(28)33/h4-15H,17H2,1-3H3,(H,36,37). The van der Waals surface area contributed by atoms with E-state index in [2.05, 4.69) is 44.3 Å². The monoisotopic (exact) mass is 579 g/mol. The van der Waals surface area contributed by atoms with Gasteiger partial charge < -0.3 is 5.32 Å². The van der Waals surface area contributed by atoms with Crippen LogP contribution in [0.15, 0.2) is 77.8 Å². The van der Waals surface area contributed by atoms with Crippen LogP contribution in [0, 0.1) is 11.3 Å². The molecule has 0 atom stereocenters. The first-order valence-corrected chi connectivity index (χ1v) is 13.9. The van der Waals surface area contributed by atoms with Crippen molar-refractivity contribution in [3.63, 3.8) is 0 Å². The van der Waals surface area contributed by atoms with Crippen molar-refractivity contribution in [3.05, 3.63) is 99.0 Å². The van der Waals surface area contributed by atoms with Gasteiger partial charge in [-0.05, 0) is 34.7 Å². The number of thioether (sulfide) groups is 1. The Morgan fingerprint density at radius 1 is 0.947 bits per heavy atom. The smallest absolute Gasteiger partial charge is 0.234 e. The highest BCUT2D eigenvalue weighted by Gasteiger charge is 2.19. The zero-order valence-corrected chi connectivity index (χ0v) is 24.1. The third-order valence-electron chi connectivity index (χ3n) is 5.84. The molecule has 0 fully saturated rings. The number of pyridine rings is 1. The van der Waals surface area contributed by atoms with E-state index in [-0.39, 0.29) is 32.8 Å². The quantitative estimate of drug-likeness (QED) is 0.231. The summed E-state index contributed by atoms with van der Waals surface area (Å²) in [6, 6.07) is 25.2. The second kappa shape index (κ2) is 11.8. The third-order valence-corrected chi connectivity index (χ3v) is 7.63. The van der Waals surface area contributed by atoms with Crippen LogP contribution in [0.4, 0.5) is 5.69 Å². The van der Waals surface area contributed by atoms with E-state index < -0.39 is 0 Å². The van der Waals surface area contributed by atoms with Crippen molar-refractivity contribution >= 4 is 58.2 Å². The average molecular weight is 581 g/mol. The van der Waals surface area contributed by atoms with E-state index in [1.807, 2.05) is 48.5 Å². The highest BCUT2D eigenvalue weighted by Crippen LogP contribution is 2.36.